The first-order chi connectivity index (χ1) is 13.3. The van der Waals surface area contributed by atoms with Crippen LogP contribution >= 0.6 is 0 Å². The van der Waals surface area contributed by atoms with E-state index in [9.17, 15) is 18.0 Å². The van der Waals surface area contributed by atoms with E-state index in [1.807, 2.05) is 0 Å². The van der Waals surface area contributed by atoms with Gasteiger partial charge in [-0.15, -0.1) is 0 Å². The molecular formula is C20H18F3N3O2. The molecule has 1 amide bonds. The van der Waals surface area contributed by atoms with Crippen molar-refractivity contribution < 1.29 is 22.7 Å². The average Bonchev–Trinajstić information content (AvgIpc) is 3.01. The normalized spacial score (nSPS) is 11.3. The second-order valence-corrected chi connectivity index (χ2v) is 6.23. The van der Waals surface area contributed by atoms with Crippen LogP contribution in [0.2, 0.25) is 0 Å². The molecule has 0 aliphatic heterocycles. The Bertz CT molecular complexity index is 996. The second kappa shape index (κ2) is 7.75. The van der Waals surface area contributed by atoms with Crippen LogP contribution in [0.15, 0.2) is 48.5 Å². The summed E-state index contributed by atoms with van der Waals surface area (Å²) in [7, 11) is 1.54. The van der Waals surface area contributed by atoms with Gasteiger partial charge in [0.05, 0.1) is 30.5 Å². The summed E-state index contributed by atoms with van der Waals surface area (Å²) in [5, 5.41) is 9.53. The number of rotatable bonds is 5. The molecule has 0 unspecified atom stereocenters. The van der Waals surface area contributed by atoms with Crippen molar-refractivity contribution in [3.63, 3.8) is 0 Å². The van der Waals surface area contributed by atoms with E-state index in [1.165, 1.54) is 19.2 Å². The summed E-state index contributed by atoms with van der Waals surface area (Å²) in [6, 6.07) is 11.9. The van der Waals surface area contributed by atoms with Crippen LogP contribution in [0.4, 0.5) is 18.9 Å². The Kier molecular flexibility index (Phi) is 5.39. The van der Waals surface area contributed by atoms with Crippen LogP contribution < -0.4 is 10.1 Å². The van der Waals surface area contributed by atoms with Crippen molar-refractivity contribution in [2.24, 2.45) is 0 Å². The molecule has 146 valence electrons. The number of alkyl halides is 3. The Morgan fingerprint density at radius 1 is 1.18 bits per heavy atom. The SMILES string of the molecule is COc1cccc(CC(=O)Nc2c(-c3cccc(C(F)(F)F)c3)n[nH]c2C)c1. The minimum atomic E-state index is -4.46. The lowest BCUT2D eigenvalue weighted by Crippen LogP contribution is -2.15. The van der Waals surface area contributed by atoms with Crippen molar-refractivity contribution in [1.29, 1.82) is 0 Å². The lowest BCUT2D eigenvalue weighted by molar-refractivity contribution is -0.137. The van der Waals surface area contributed by atoms with E-state index in [1.54, 1.807) is 31.2 Å². The number of nitrogens with zero attached hydrogens (tertiary/aromatic N) is 1. The number of anilines is 1. The van der Waals surface area contributed by atoms with Crippen LogP contribution in [0, 0.1) is 6.92 Å². The number of carbonyl (C=O) groups is 1. The highest BCUT2D eigenvalue weighted by Gasteiger charge is 2.31. The lowest BCUT2D eigenvalue weighted by Gasteiger charge is -2.10. The Morgan fingerprint density at radius 3 is 2.64 bits per heavy atom. The van der Waals surface area contributed by atoms with Crippen molar-refractivity contribution in [3.8, 4) is 17.0 Å². The predicted octanol–water partition coefficient (Wildman–Crippen LogP) is 4.59. The minimum absolute atomic E-state index is 0.0872. The van der Waals surface area contributed by atoms with E-state index >= 15 is 0 Å². The number of nitrogens with one attached hydrogen (secondary N) is 2. The molecule has 0 aliphatic carbocycles. The summed E-state index contributed by atoms with van der Waals surface area (Å²) in [6.07, 6.45) is -4.37. The molecule has 2 N–H and O–H groups in total. The summed E-state index contributed by atoms with van der Waals surface area (Å²) in [5.74, 6) is 0.320. The molecule has 0 saturated carbocycles. The fourth-order valence-electron chi connectivity index (χ4n) is 2.79. The van der Waals surface area contributed by atoms with Crippen LogP contribution in [-0.4, -0.2) is 23.2 Å². The van der Waals surface area contributed by atoms with E-state index < -0.39 is 11.7 Å². The van der Waals surface area contributed by atoms with Gasteiger partial charge in [0.1, 0.15) is 11.4 Å². The molecule has 1 aromatic heterocycles. The van der Waals surface area contributed by atoms with E-state index in [2.05, 4.69) is 15.5 Å². The van der Waals surface area contributed by atoms with Gasteiger partial charge in [-0.05, 0) is 36.8 Å². The van der Waals surface area contributed by atoms with Crippen molar-refractivity contribution in [2.45, 2.75) is 19.5 Å². The number of aryl methyl sites for hydroxylation is 1. The van der Waals surface area contributed by atoms with E-state index in [-0.39, 0.29) is 23.6 Å². The van der Waals surface area contributed by atoms with Gasteiger partial charge in [0.2, 0.25) is 5.91 Å². The molecule has 3 rings (SSSR count). The molecule has 1 heterocycles. The average molecular weight is 389 g/mol. The molecule has 5 nitrogen and oxygen atoms in total. The number of H-pyrrole nitrogens is 1. The molecule has 0 saturated heterocycles. The Hall–Kier alpha value is -3.29. The third kappa shape index (κ3) is 4.33. The predicted molar refractivity (Wildman–Crippen MR) is 99.1 cm³/mol. The van der Waals surface area contributed by atoms with Crippen molar-refractivity contribution in [1.82, 2.24) is 10.2 Å². The molecule has 28 heavy (non-hydrogen) atoms. The van der Waals surface area contributed by atoms with Gasteiger partial charge in [-0.3, -0.25) is 9.89 Å². The molecule has 0 bridgehead atoms. The zero-order chi connectivity index (χ0) is 20.3. The van der Waals surface area contributed by atoms with Crippen LogP contribution in [0.1, 0.15) is 16.8 Å². The zero-order valence-corrected chi connectivity index (χ0v) is 15.2. The number of aromatic amines is 1. The molecule has 2 aromatic carbocycles. The minimum Gasteiger partial charge on any atom is -0.497 e. The van der Waals surface area contributed by atoms with Gasteiger partial charge in [-0.2, -0.15) is 18.3 Å². The van der Waals surface area contributed by atoms with E-state index in [4.69, 9.17) is 4.74 Å². The van der Waals surface area contributed by atoms with Crippen LogP contribution in [0.25, 0.3) is 11.3 Å². The number of hydrogen-bond acceptors (Lipinski definition) is 3. The summed E-state index contributed by atoms with van der Waals surface area (Å²) < 4.78 is 44.1. The van der Waals surface area contributed by atoms with Crippen LogP contribution in [0.3, 0.4) is 0 Å². The third-order valence-electron chi connectivity index (χ3n) is 4.17. The lowest BCUT2D eigenvalue weighted by atomic mass is 10.1. The summed E-state index contributed by atoms with van der Waals surface area (Å²) in [6.45, 7) is 1.69. The first-order valence-corrected chi connectivity index (χ1v) is 8.43. The quantitative estimate of drug-likeness (QED) is 0.671. The number of amides is 1. The summed E-state index contributed by atoms with van der Waals surface area (Å²) in [4.78, 5) is 12.5. The monoisotopic (exact) mass is 389 g/mol. The number of methoxy groups -OCH3 is 1. The number of halogens is 3. The topological polar surface area (TPSA) is 67.0 Å². The van der Waals surface area contributed by atoms with Gasteiger partial charge < -0.3 is 10.1 Å². The number of hydrogen-bond donors (Lipinski definition) is 2. The van der Waals surface area contributed by atoms with E-state index in [0.29, 0.717) is 17.1 Å². The third-order valence-corrected chi connectivity index (χ3v) is 4.17. The van der Waals surface area contributed by atoms with Crippen molar-refractivity contribution in [3.05, 3.63) is 65.4 Å². The largest absolute Gasteiger partial charge is 0.497 e. The van der Waals surface area contributed by atoms with Gasteiger partial charge in [0.15, 0.2) is 0 Å². The Morgan fingerprint density at radius 2 is 1.93 bits per heavy atom. The number of benzene rings is 2. The molecular weight excluding hydrogens is 371 g/mol. The van der Waals surface area contributed by atoms with Gasteiger partial charge >= 0.3 is 6.18 Å². The molecule has 0 aliphatic rings. The fourth-order valence-corrected chi connectivity index (χ4v) is 2.79. The first-order valence-electron chi connectivity index (χ1n) is 8.43. The van der Waals surface area contributed by atoms with E-state index in [0.717, 1.165) is 17.7 Å². The molecule has 3 aromatic rings. The Balaban J connectivity index is 1.84. The zero-order valence-electron chi connectivity index (χ0n) is 15.2. The van der Waals surface area contributed by atoms with Gasteiger partial charge in [0, 0.05) is 5.56 Å². The molecule has 0 radical (unpaired) electrons. The number of aromatic nitrogens is 2. The summed E-state index contributed by atoms with van der Waals surface area (Å²) in [5.41, 5.74) is 1.38. The molecule has 8 heteroatoms. The molecule has 0 fully saturated rings. The first kappa shape index (κ1) is 19.5. The fraction of sp³-hybridized carbons (Fsp3) is 0.200. The molecule has 0 spiro atoms. The maximum atomic E-state index is 13.0. The highest BCUT2D eigenvalue weighted by Crippen LogP contribution is 2.34. The standard InChI is InChI=1S/C20H18F3N3O2/c1-12-18(24-17(27)10-13-5-3-8-16(9-13)28-2)19(26-25-12)14-6-4-7-15(11-14)20(21,22)23/h3-9,11H,10H2,1-2H3,(H,24,27)(H,25,26). The van der Waals surface area contributed by atoms with Crippen LogP contribution in [0.5, 0.6) is 5.75 Å². The Labute approximate surface area is 159 Å². The van der Waals surface area contributed by atoms with Crippen molar-refractivity contribution >= 4 is 11.6 Å². The molecule has 0 atom stereocenters. The van der Waals surface area contributed by atoms with Crippen molar-refractivity contribution in [2.75, 3.05) is 12.4 Å². The number of ether oxygens (including phenoxy) is 1. The second-order valence-electron chi connectivity index (χ2n) is 6.23. The maximum Gasteiger partial charge on any atom is 0.416 e. The summed E-state index contributed by atoms with van der Waals surface area (Å²) >= 11 is 0. The maximum absolute atomic E-state index is 13.0. The smallest absolute Gasteiger partial charge is 0.416 e. The van der Waals surface area contributed by atoms with Crippen LogP contribution in [-0.2, 0) is 17.4 Å². The van der Waals surface area contributed by atoms with Gasteiger partial charge in [-0.1, -0.05) is 24.3 Å². The number of carbonyl (C=O) groups excluding carboxylic acids is 1. The highest BCUT2D eigenvalue weighted by atomic mass is 19.4. The van der Waals surface area contributed by atoms with Gasteiger partial charge in [-0.25, -0.2) is 0 Å². The van der Waals surface area contributed by atoms with Gasteiger partial charge in [0.25, 0.3) is 0 Å². The highest BCUT2D eigenvalue weighted by molar-refractivity contribution is 5.96.